The Hall–Kier alpha value is -9.57. The topological polar surface area (TPSA) is 656 Å². The van der Waals surface area contributed by atoms with Crippen LogP contribution >= 0.6 is 0 Å². The Balaban J connectivity index is 3.82. The lowest BCUT2D eigenvalue weighted by Gasteiger charge is -2.35. The van der Waals surface area contributed by atoms with Gasteiger partial charge in [-0.05, 0) is 114 Å². The van der Waals surface area contributed by atoms with Crippen molar-refractivity contribution in [1.82, 2.24) is 52.3 Å². The van der Waals surface area contributed by atoms with Crippen molar-refractivity contribution in [2.75, 3.05) is 34.3 Å². The van der Waals surface area contributed by atoms with Crippen molar-refractivity contribution in [2.24, 2.45) is 79.9 Å². The average molecular weight is 1520 g/mol. The number of guanidine groups is 2. The van der Waals surface area contributed by atoms with E-state index in [2.05, 4.69) is 52.5 Å². The predicted octanol–water partition coefficient (Wildman–Crippen LogP) is -5.92. The van der Waals surface area contributed by atoms with Gasteiger partial charge in [0.25, 0.3) is 5.91 Å². The Kier molecular flexibility index (Phi) is 40.9. The summed E-state index contributed by atoms with van der Waals surface area (Å²) >= 11 is 0. The fraction of sp³-hybridized carbons (Fsp3) is 0.691. The van der Waals surface area contributed by atoms with Gasteiger partial charge in [-0.2, -0.15) is 0 Å². The maximum absolute atomic E-state index is 14.9. The molecule has 0 aromatic heterocycles. The number of benzene rings is 1. The van der Waals surface area contributed by atoms with Gasteiger partial charge in [-0.3, -0.25) is 67.5 Å². The number of ether oxygens (including phenoxy) is 1. The number of hydrogen-bond acceptors (Lipinski definition) is 22. The molecule has 0 aliphatic rings. The van der Waals surface area contributed by atoms with Gasteiger partial charge in [0.2, 0.25) is 65.0 Å². The number of phenols is 1. The van der Waals surface area contributed by atoms with Gasteiger partial charge in [-0.1, -0.05) is 67.5 Å². The molecule has 0 saturated heterocycles. The second kappa shape index (κ2) is 45.8. The van der Waals surface area contributed by atoms with E-state index >= 15 is 0 Å². The summed E-state index contributed by atoms with van der Waals surface area (Å²) in [5.41, 5.74) is 33.4. The third-order valence-electron chi connectivity index (χ3n) is 18.2. The van der Waals surface area contributed by atoms with Crippen molar-refractivity contribution in [1.29, 1.82) is 0 Å². The van der Waals surface area contributed by atoms with Gasteiger partial charge in [0.1, 0.15) is 72.3 Å². The number of carbonyl (C=O) groups is 13. The second-order valence-electron chi connectivity index (χ2n) is 28.0. The Bertz CT molecular complexity index is 3210. The number of carbonyl (C=O) groups excluding carboxylic acids is 12. The van der Waals surface area contributed by atoms with Crippen LogP contribution in [0.25, 0.3) is 0 Å². The Labute approximate surface area is 623 Å². The fourth-order valence-electron chi connectivity index (χ4n) is 11.4. The van der Waals surface area contributed by atoms with Crippen LogP contribution in [0.5, 0.6) is 5.75 Å². The van der Waals surface area contributed by atoms with Crippen molar-refractivity contribution in [3.63, 3.8) is 0 Å². The predicted molar refractivity (Wildman–Crippen MR) is 390 cm³/mol. The summed E-state index contributed by atoms with van der Waals surface area (Å²) in [6, 6.07) is -11.8. The van der Waals surface area contributed by atoms with E-state index in [4.69, 9.17) is 39.1 Å². The summed E-state index contributed by atoms with van der Waals surface area (Å²) in [7, 11) is 3.50. The SMILES string of the molecule is COC(c1ccc(O)cc1)C(NC(=O)C(CCC(N)=O)N(C)C(=O)C(CC(C)C)NC(=O)C(CCCN=C(N)N)NC(=O)C(NC(=O)C(NC(=O)C(NC(=O)C(O)C(O)C(CCCN=C(N)N)NC(=O)C(C)NC(=O)C(C)C(O)C(C)CC(C)C)C(C)C(C)C(N)=O)C(C)O)C(C)O)C(=O)N(C)C(C)C(=O)O. The molecule has 39 nitrogen and oxygen atoms in total. The number of aliphatic hydroxyl groups is 5. The molecule has 0 heterocycles. The van der Waals surface area contributed by atoms with Gasteiger partial charge >= 0.3 is 5.97 Å². The van der Waals surface area contributed by atoms with Crippen LogP contribution < -0.4 is 76.9 Å². The van der Waals surface area contributed by atoms with Crippen LogP contribution in [-0.2, 0) is 67.1 Å². The van der Waals surface area contributed by atoms with E-state index in [0.717, 1.165) is 37.7 Å². The number of aliphatic imine (C=N–C) groups is 2. The molecule has 1 aromatic rings. The van der Waals surface area contributed by atoms with E-state index in [0.29, 0.717) is 6.42 Å². The number of amides is 12. The standard InChI is InChI=1S/C68H118N18O21/c1-30(2)28-32(5)51(91)35(8)56(95)77-36(9)57(96)78-42(18-16-26-75-67(71)72)52(92)53(93)63(102)81-47(33(6)34(7)55(70)94)60(99)82-49(39(12)88)62(101)83-48(38(11)87)61(100)79-43(19-17-27-76-68(73)74)58(97)80-44(29-31(3)4)64(103)86(14)45(24-25-46(69)90)59(98)84-50(65(104)85(13)37(10)66(105)106)54(107-15)40-20-22-41(89)23-21-40/h20-23,30-39,42-45,47-54,87-89,91-93H,16-19,24-29H2,1-15H3,(H2,69,90)(H2,70,94)(H,77,95)(H,78,96)(H,79,100)(H,80,97)(H,81,102)(H,82,99)(H,83,101)(H,84,98)(H,105,106)(H4,71,72,75)(H4,73,74,76). The molecule has 1 rings (SSSR count). The number of primary amides is 2. The zero-order valence-electron chi connectivity index (χ0n) is 63.7. The number of carboxylic acids is 1. The van der Waals surface area contributed by atoms with E-state index in [-0.39, 0.29) is 80.3 Å². The zero-order valence-corrected chi connectivity index (χ0v) is 63.7. The molecule has 0 aliphatic carbocycles. The summed E-state index contributed by atoms with van der Waals surface area (Å²) < 4.78 is 5.68. The average Bonchev–Trinajstić information content (AvgIpc) is 0.804. The van der Waals surface area contributed by atoms with E-state index < -0.39 is 210 Å². The second-order valence-corrected chi connectivity index (χ2v) is 28.0. The number of rotatable bonds is 48. The molecule has 107 heavy (non-hydrogen) atoms. The number of nitrogens with one attached hydrogen (secondary N) is 8. The Morgan fingerprint density at radius 3 is 1.44 bits per heavy atom. The van der Waals surface area contributed by atoms with Crippen LogP contribution in [0.15, 0.2) is 34.3 Å². The minimum atomic E-state index is -2.51. The van der Waals surface area contributed by atoms with Gasteiger partial charge in [0, 0.05) is 46.6 Å². The van der Waals surface area contributed by atoms with E-state index in [1.807, 2.05) is 13.8 Å². The van der Waals surface area contributed by atoms with Crippen molar-refractivity contribution >= 4 is 88.8 Å². The first kappa shape index (κ1) is 95.4. The summed E-state index contributed by atoms with van der Waals surface area (Å²) in [4.78, 5) is 189. The monoisotopic (exact) mass is 1520 g/mol. The molecule has 0 aliphatic heterocycles. The molecule has 0 radical (unpaired) electrons. The summed E-state index contributed by atoms with van der Waals surface area (Å²) in [6.45, 7) is 17.4. The van der Waals surface area contributed by atoms with Gasteiger partial charge in [-0.15, -0.1) is 0 Å². The van der Waals surface area contributed by atoms with Crippen molar-refractivity contribution in [2.45, 2.75) is 231 Å². The van der Waals surface area contributed by atoms with Gasteiger partial charge in [-0.25, -0.2) is 4.79 Å². The molecule has 39 heteroatoms. The zero-order chi connectivity index (χ0) is 82.3. The Morgan fingerprint density at radius 2 is 0.972 bits per heavy atom. The van der Waals surface area contributed by atoms with Gasteiger partial charge < -0.3 is 127 Å². The highest BCUT2D eigenvalue weighted by Crippen LogP contribution is 2.27. The first-order chi connectivity index (χ1) is 49.6. The lowest BCUT2D eigenvalue weighted by atomic mass is 9.87. The summed E-state index contributed by atoms with van der Waals surface area (Å²) in [6.07, 6.45) is -12.1. The minimum absolute atomic E-state index is 0.0188. The van der Waals surface area contributed by atoms with E-state index in [1.165, 1.54) is 66.0 Å². The number of nitrogens with zero attached hydrogens (tertiary/aromatic N) is 4. The molecule has 606 valence electrons. The van der Waals surface area contributed by atoms with Crippen molar-refractivity contribution < 1.29 is 103 Å². The highest BCUT2D eigenvalue weighted by Gasteiger charge is 2.44. The van der Waals surface area contributed by atoms with E-state index in [1.54, 1.807) is 20.8 Å². The number of likely N-dealkylation sites (N-methyl/N-ethyl adjacent to an activating group) is 2. The van der Waals surface area contributed by atoms with Crippen molar-refractivity contribution in [3.8, 4) is 5.75 Å². The van der Waals surface area contributed by atoms with Crippen LogP contribution in [0.2, 0.25) is 0 Å². The smallest absolute Gasteiger partial charge is 0.326 e. The molecule has 0 spiro atoms. The molecule has 0 bridgehead atoms. The number of methoxy groups -OCH3 is 1. The third kappa shape index (κ3) is 31.4. The number of aliphatic hydroxyl groups excluding tert-OH is 5. The largest absolute Gasteiger partial charge is 0.508 e. The number of nitrogens with two attached hydrogens (primary N) is 6. The molecule has 27 N–H and O–H groups in total. The maximum Gasteiger partial charge on any atom is 0.326 e. The van der Waals surface area contributed by atoms with Gasteiger partial charge in [0.05, 0.1) is 30.3 Å². The molecule has 0 fully saturated rings. The van der Waals surface area contributed by atoms with E-state index in [9.17, 15) is 98.1 Å². The normalized spacial score (nSPS) is 17.0. The molecule has 12 amide bonds. The molecule has 0 saturated carbocycles. The summed E-state index contributed by atoms with van der Waals surface area (Å²) in [5.74, 6) is -19.4. The van der Waals surface area contributed by atoms with Crippen molar-refractivity contribution in [3.05, 3.63) is 29.8 Å². The highest BCUT2D eigenvalue weighted by atomic mass is 16.5. The quantitative estimate of drug-likeness (QED) is 0.0164. The lowest BCUT2D eigenvalue weighted by molar-refractivity contribution is -0.152. The Morgan fingerprint density at radius 1 is 0.495 bits per heavy atom. The number of aliphatic carboxylic acids is 1. The minimum Gasteiger partial charge on any atom is -0.508 e. The highest BCUT2D eigenvalue weighted by molar-refractivity contribution is 5.99. The molecule has 1 aromatic carbocycles. The van der Waals surface area contributed by atoms with Gasteiger partial charge in [0.15, 0.2) is 18.0 Å². The van der Waals surface area contributed by atoms with Crippen LogP contribution in [-0.4, -0.2) is 260 Å². The van der Waals surface area contributed by atoms with Crippen LogP contribution in [0.4, 0.5) is 0 Å². The van der Waals surface area contributed by atoms with Crippen LogP contribution in [0.3, 0.4) is 0 Å². The number of hydrogen-bond donors (Lipinski definition) is 21. The number of phenolic OH excluding ortho intramolecular Hbond substituents is 1. The first-order valence-electron chi connectivity index (χ1n) is 35.2. The van der Waals surface area contributed by atoms with Crippen LogP contribution in [0.1, 0.15) is 146 Å². The summed E-state index contributed by atoms with van der Waals surface area (Å²) in [5, 5.41) is 95.3. The number of aromatic hydroxyl groups is 1. The molecular weight excluding hydrogens is 1400 g/mol. The fourth-order valence-corrected chi connectivity index (χ4v) is 11.4. The molecular formula is C68H118N18O21. The van der Waals surface area contributed by atoms with Crippen LogP contribution in [0, 0.1) is 35.5 Å². The molecule has 20 unspecified atom stereocenters. The molecule has 20 atom stereocenters. The number of carboxylic acid groups (broad SMARTS) is 1. The maximum atomic E-state index is 14.9. The third-order valence-corrected chi connectivity index (χ3v) is 18.2. The lowest BCUT2D eigenvalue weighted by Crippen LogP contribution is -2.64. The first-order valence-corrected chi connectivity index (χ1v) is 35.2.